The Morgan fingerprint density at radius 2 is 2.06 bits per heavy atom. The summed E-state index contributed by atoms with van der Waals surface area (Å²) in [6, 6.07) is 5.50. The molecule has 4 nitrogen and oxygen atoms in total. The molecule has 0 radical (unpaired) electrons. The van der Waals surface area contributed by atoms with Gasteiger partial charge in [0.15, 0.2) is 5.58 Å². The molecule has 0 atom stereocenters. The molecule has 1 heterocycles. The summed E-state index contributed by atoms with van der Waals surface area (Å²) in [6.45, 7) is 0.291. The maximum Gasteiger partial charge on any atom is 0.256 e. The lowest BCUT2D eigenvalue weighted by Crippen LogP contribution is -1.85. The number of fused-ring (bicyclic) bond motifs is 1. The van der Waals surface area contributed by atoms with Crippen molar-refractivity contribution in [2.45, 2.75) is 30.9 Å². The number of oxazole rings is 1. The van der Waals surface area contributed by atoms with Gasteiger partial charge in [-0.25, -0.2) is 4.98 Å². The van der Waals surface area contributed by atoms with Crippen LogP contribution in [0.2, 0.25) is 0 Å². The van der Waals surface area contributed by atoms with Crippen molar-refractivity contribution in [1.29, 1.82) is 0 Å². The van der Waals surface area contributed by atoms with Crippen LogP contribution in [0.5, 0.6) is 0 Å². The predicted octanol–water partition coefficient (Wildman–Crippen LogP) is 3.05. The quantitative estimate of drug-likeness (QED) is 0.458. The van der Waals surface area contributed by atoms with Crippen molar-refractivity contribution in [2.24, 2.45) is 0 Å². The Bertz CT molecular complexity index is 499. The van der Waals surface area contributed by atoms with E-state index in [4.69, 9.17) is 15.3 Å². The third kappa shape index (κ3) is 3.65. The van der Waals surface area contributed by atoms with E-state index < -0.39 is 0 Å². The van der Waals surface area contributed by atoms with Gasteiger partial charge in [0.2, 0.25) is 0 Å². The molecule has 18 heavy (non-hydrogen) atoms. The number of unbranched alkanes of at least 4 members (excludes halogenated alkanes) is 3. The van der Waals surface area contributed by atoms with Gasteiger partial charge in [-0.2, -0.15) is 0 Å². The van der Waals surface area contributed by atoms with Crippen molar-refractivity contribution in [1.82, 2.24) is 4.98 Å². The molecule has 0 bridgehead atoms. The highest BCUT2D eigenvalue weighted by molar-refractivity contribution is 7.99. The van der Waals surface area contributed by atoms with Crippen LogP contribution < -0.4 is 5.73 Å². The van der Waals surface area contributed by atoms with Crippen molar-refractivity contribution >= 4 is 28.5 Å². The van der Waals surface area contributed by atoms with E-state index >= 15 is 0 Å². The SMILES string of the molecule is Nc1ccc2nc(SCCCCCCO)oc2c1. The zero-order chi connectivity index (χ0) is 12.8. The van der Waals surface area contributed by atoms with Gasteiger partial charge in [0.1, 0.15) is 5.52 Å². The van der Waals surface area contributed by atoms with Crippen LogP contribution >= 0.6 is 11.8 Å². The average molecular weight is 266 g/mol. The Morgan fingerprint density at radius 3 is 2.89 bits per heavy atom. The highest BCUT2D eigenvalue weighted by Crippen LogP contribution is 2.25. The second-order valence-electron chi connectivity index (χ2n) is 4.19. The molecule has 1 aromatic carbocycles. The van der Waals surface area contributed by atoms with Crippen LogP contribution in [0, 0.1) is 0 Å². The Hall–Kier alpha value is -1.20. The molecule has 0 aliphatic rings. The first-order chi connectivity index (χ1) is 8.79. The molecule has 0 unspecified atom stereocenters. The summed E-state index contributed by atoms with van der Waals surface area (Å²) < 4.78 is 5.61. The highest BCUT2D eigenvalue weighted by Gasteiger charge is 2.06. The van der Waals surface area contributed by atoms with Gasteiger partial charge in [0.05, 0.1) is 0 Å². The highest BCUT2D eigenvalue weighted by atomic mass is 32.2. The fourth-order valence-corrected chi connectivity index (χ4v) is 2.54. The van der Waals surface area contributed by atoms with Gasteiger partial charge in [-0.1, -0.05) is 24.6 Å². The van der Waals surface area contributed by atoms with Gasteiger partial charge < -0.3 is 15.3 Å². The molecule has 98 valence electrons. The molecular weight excluding hydrogens is 248 g/mol. The molecule has 0 aliphatic heterocycles. The summed E-state index contributed by atoms with van der Waals surface area (Å²) in [7, 11) is 0. The first-order valence-corrected chi connectivity index (χ1v) is 7.18. The minimum absolute atomic E-state index is 0.291. The van der Waals surface area contributed by atoms with Crippen molar-refractivity contribution in [2.75, 3.05) is 18.1 Å². The van der Waals surface area contributed by atoms with Crippen LogP contribution in [0.3, 0.4) is 0 Å². The minimum Gasteiger partial charge on any atom is -0.431 e. The van der Waals surface area contributed by atoms with Crippen LogP contribution in [0.4, 0.5) is 5.69 Å². The number of nitrogen functional groups attached to an aromatic ring is 1. The van der Waals surface area contributed by atoms with E-state index in [1.807, 2.05) is 12.1 Å². The van der Waals surface area contributed by atoms with E-state index in [2.05, 4.69) is 4.98 Å². The van der Waals surface area contributed by atoms with Crippen LogP contribution in [0.25, 0.3) is 11.1 Å². The maximum atomic E-state index is 8.66. The van der Waals surface area contributed by atoms with Crippen LogP contribution in [-0.2, 0) is 0 Å². The van der Waals surface area contributed by atoms with E-state index in [1.165, 1.54) is 0 Å². The zero-order valence-electron chi connectivity index (χ0n) is 10.3. The number of rotatable bonds is 7. The molecule has 5 heteroatoms. The molecule has 2 aromatic rings. The zero-order valence-corrected chi connectivity index (χ0v) is 11.1. The van der Waals surface area contributed by atoms with Crippen molar-refractivity contribution in [3.8, 4) is 0 Å². The standard InChI is InChI=1S/C13H18N2O2S/c14-10-5-6-11-12(9-10)17-13(15-11)18-8-4-2-1-3-7-16/h5-6,9,16H,1-4,7-8,14H2. The molecule has 0 aliphatic carbocycles. The number of hydrogen-bond donors (Lipinski definition) is 2. The molecule has 0 saturated carbocycles. The number of aliphatic hydroxyl groups excluding tert-OH is 1. The van der Waals surface area contributed by atoms with Gasteiger partial charge in [-0.05, 0) is 25.0 Å². The van der Waals surface area contributed by atoms with Crippen LogP contribution in [0.1, 0.15) is 25.7 Å². The molecule has 0 amide bonds. The first-order valence-electron chi connectivity index (χ1n) is 6.19. The van der Waals surface area contributed by atoms with Gasteiger partial charge >= 0.3 is 0 Å². The lowest BCUT2D eigenvalue weighted by molar-refractivity contribution is 0.283. The Kier molecular flexibility index (Phi) is 4.90. The van der Waals surface area contributed by atoms with Crippen molar-refractivity contribution < 1.29 is 9.52 Å². The third-order valence-corrected chi connectivity index (χ3v) is 3.59. The largest absolute Gasteiger partial charge is 0.431 e. The second-order valence-corrected chi connectivity index (χ2v) is 5.24. The predicted molar refractivity (Wildman–Crippen MR) is 74.7 cm³/mol. The summed E-state index contributed by atoms with van der Waals surface area (Å²) in [4.78, 5) is 4.39. The summed E-state index contributed by atoms with van der Waals surface area (Å²) in [5, 5.41) is 9.37. The minimum atomic E-state index is 0.291. The van der Waals surface area contributed by atoms with E-state index in [1.54, 1.807) is 17.8 Å². The molecule has 2 rings (SSSR count). The van der Waals surface area contributed by atoms with E-state index in [-0.39, 0.29) is 0 Å². The number of nitrogens with zero attached hydrogens (tertiary/aromatic N) is 1. The summed E-state index contributed by atoms with van der Waals surface area (Å²) in [5.41, 5.74) is 7.98. The lowest BCUT2D eigenvalue weighted by Gasteiger charge is -1.97. The van der Waals surface area contributed by atoms with Gasteiger partial charge in [-0.15, -0.1) is 0 Å². The van der Waals surface area contributed by atoms with Gasteiger partial charge in [-0.3, -0.25) is 0 Å². The Balaban J connectivity index is 1.81. The molecule has 0 spiro atoms. The number of anilines is 1. The lowest BCUT2D eigenvalue weighted by atomic mass is 10.2. The monoisotopic (exact) mass is 266 g/mol. The Morgan fingerprint density at radius 1 is 1.22 bits per heavy atom. The fourth-order valence-electron chi connectivity index (χ4n) is 1.71. The number of aromatic nitrogens is 1. The number of hydrogen-bond acceptors (Lipinski definition) is 5. The van der Waals surface area contributed by atoms with E-state index in [0.29, 0.717) is 17.5 Å². The van der Waals surface area contributed by atoms with Crippen molar-refractivity contribution in [3.05, 3.63) is 18.2 Å². The van der Waals surface area contributed by atoms with Crippen LogP contribution in [-0.4, -0.2) is 22.5 Å². The molecule has 3 N–H and O–H groups in total. The molecular formula is C13H18N2O2S. The first kappa shape index (κ1) is 13.2. The molecule has 0 fully saturated rings. The number of thioether (sulfide) groups is 1. The summed E-state index contributed by atoms with van der Waals surface area (Å²) >= 11 is 1.63. The number of benzene rings is 1. The van der Waals surface area contributed by atoms with Gasteiger partial charge in [0, 0.05) is 24.1 Å². The third-order valence-electron chi connectivity index (χ3n) is 2.67. The summed E-state index contributed by atoms with van der Waals surface area (Å²) in [5.74, 6) is 0.994. The Labute approximate surface area is 111 Å². The topological polar surface area (TPSA) is 72.3 Å². The second kappa shape index (κ2) is 6.66. The van der Waals surface area contributed by atoms with Crippen LogP contribution in [0.15, 0.2) is 27.8 Å². The normalized spacial score (nSPS) is 11.2. The number of aliphatic hydroxyl groups is 1. The number of nitrogens with two attached hydrogens (primary N) is 1. The fraction of sp³-hybridized carbons (Fsp3) is 0.462. The maximum absolute atomic E-state index is 8.66. The van der Waals surface area contributed by atoms with E-state index in [9.17, 15) is 0 Å². The average Bonchev–Trinajstić information content (AvgIpc) is 2.75. The van der Waals surface area contributed by atoms with E-state index in [0.717, 1.165) is 42.5 Å². The summed E-state index contributed by atoms with van der Waals surface area (Å²) in [6.07, 6.45) is 4.24. The molecule has 1 aromatic heterocycles. The smallest absolute Gasteiger partial charge is 0.256 e. The molecule has 0 saturated heterocycles. The van der Waals surface area contributed by atoms with Crippen molar-refractivity contribution in [3.63, 3.8) is 0 Å². The van der Waals surface area contributed by atoms with Gasteiger partial charge in [0.25, 0.3) is 5.22 Å².